The molecule has 10 aromatic rings. The molecule has 0 unspecified atom stereocenters. The molecule has 0 aliphatic rings. The summed E-state index contributed by atoms with van der Waals surface area (Å²) in [5.74, 6) is 2.69. The Hall–Kier alpha value is -7.85. The van der Waals surface area contributed by atoms with Crippen molar-refractivity contribution in [1.29, 1.82) is 0 Å². The van der Waals surface area contributed by atoms with Crippen LogP contribution in [-0.2, 0) is 6.18 Å². The van der Waals surface area contributed by atoms with Gasteiger partial charge in [0.05, 0.1) is 22.3 Å². The normalized spacial score (nSPS) is 11.6. The van der Waals surface area contributed by atoms with E-state index in [1.54, 1.807) is 0 Å². The van der Waals surface area contributed by atoms with E-state index in [0.29, 0.717) is 73.6 Å². The highest BCUT2D eigenvalue weighted by Gasteiger charge is 2.31. The molecule has 0 amide bonds. The number of hydrogen-bond donors (Lipinski definition) is 0. The summed E-state index contributed by atoms with van der Waals surface area (Å²) in [6.07, 6.45) is -4.52. The third-order valence-electron chi connectivity index (χ3n) is 10.1. The van der Waals surface area contributed by atoms with Crippen molar-refractivity contribution in [1.82, 2.24) is 34.5 Å². The zero-order valence-corrected chi connectivity index (χ0v) is 31.1. The van der Waals surface area contributed by atoms with E-state index in [1.165, 1.54) is 12.1 Å². The molecule has 0 spiro atoms. The Balaban J connectivity index is 1.27. The van der Waals surface area contributed by atoms with E-state index in [-0.39, 0.29) is 0 Å². The highest BCUT2D eigenvalue weighted by atomic mass is 19.4. The number of aromatic nitrogens is 7. The Bertz CT molecular complexity index is 3020. The van der Waals surface area contributed by atoms with Crippen molar-refractivity contribution in [2.45, 2.75) is 6.18 Å². The van der Waals surface area contributed by atoms with Gasteiger partial charge in [-0.25, -0.2) is 29.9 Å². The number of alkyl halides is 3. The van der Waals surface area contributed by atoms with Crippen LogP contribution in [0.1, 0.15) is 5.56 Å². The molecule has 59 heavy (non-hydrogen) atoms. The molecular formula is C49H30F3N7. The minimum Gasteiger partial charge on any atom is -0.309 e. The van der Waals surface area contributed by atoms with Crippen molar-refractivity contribution >= 4 is 21.8 Å². The Labute approximate surface area is 336 Å². The van der Waals surface area contributed by atoms with Gasteiger partial charge in [0.25, 0.3) is 0 Å². The van der Waals surface area contributed by atoms with Crippen LogP contribution in [-0.4, -0.2) is 34.5 Å². The molecule has 10 rings (SSSR count). The lowest BCUT2D eigenvalue weighted by Gasteiger charge is -2.16. The molecule has 3 aromatic heterocycles. The number of hydrogen-bond acceptors (Lipinski definition) is 6. The molecule has 0 radical (unpaired) electrons. The van der Waals surface area contributed by atoms with E-state index in [0.717, 1.165) is 28.3 Å². The van der Waals surface area contributed by atoms with Crippen molar-refractivity contribution in [3.8, 4) is 74.0 Å². The third-order valence-corrected chi connectivity index (χ3v) is 10.1. The first kappa shape index (κ1) is 35.6. The molecule has 7 nitrogen and oxygen atoms in total. The summed E-state index contributed by atoms with van der Waals surface area (Å²) in [7, 11) is 0. The SMILES string of the molecule is FC(F)(F)c1ccc2c(c1)c1ccccc1n2-c1ccc(-c2nc(-c3ccccc3)nc(-c3ccccc3)n2)cc1-c1nc(-c2ccccc2)nc(-c2ccccc2)n1. The fraction of sp³-hybridized carbons (Fsp3) is 0.0204. The molecule has 0 saturated carbocycles. The van der Waals surface area contributed by atoms with Crippen LogP contribution < -0.4 is 0 Å². The maximum absolute atomic E-state index is 14.1. The number of nitrogens with zero attached hydrogens (tertiary/aromatic N) is 7. The predicted molar refractivity (Wildman–Crippen MR) is 225 cm³/mol. The van der Waals surface area contributed by atoms with Crippen molar-refractivity contribution in [3.05, 3.63) is 188 Å². The van der Waals surface area contributed by atoms with E-state index < -0.39 is 11.7 Å². The van der Waals surface area contributed by atoms with E-state index in [9.17, 15) is 13.2 Å². The van der Waals surface area contributed by atoms with Crippen LogP contribution in [0.5, 0.6) is 0 Å². The smallest absolute Gasteiger partial charge is 0.309 e. The second-order valence-corrected chi connectivity index (χ2v) is 13.9. The van der Waals surface area contributed by atoms with Crippen LogP contribution in [0.2, 0.25) is 0 Å². The molecule has 0 fully saturated rings. The molecule has 0 atom stereocenters. The van der Waals surface area contributed by atoms with Gasteiger partial charge in [-0.05, 0) is 42.5 Å². The molecule has 0 aliphatic carbocycles. The zero-order chi connectivity index (χ0) is 39.9. The Morgan fingerprint density at radius 3 is 1.22 bits per heavy atom. The summed E-state index contributed by atoms with van der Waals surface area (Å²) in [5, 5.41) is 1.14. The van der Waals surface area contributed by atoms with E-state index >= 15 is 0 Å². The molecule has 0 N–H and O–H groups in total. The molecule has 0 saturated heterocycles. The fourth-order valence-electron chi connectivity index (χ4n) is 7.32. The second-order valence-electron chi connectivity index (χ2n) is 13.9. The van der Waals surface area contributed by atoms with Crippen LogP contribution in [0, 0.1) is 0 Å². The molecule has 10 heteroatoms. The minimum absolute atomic E-state index is 0.355. The van der Waals surface area contributed by atoms with Gasteiger partial charge in [-0.2, -0.15) is 13.2 Å². The van der Waals surface area contributed by atoms with Gasteiger partial charge in [-0.3, -0.25) is 0 Å². The van der Waals surface area contributed by atoms with Gasteiger partial charge in [0.2, 0.25) is 0 Å². The third kappa shape index (κ3) is 6.76. The van der Waals surface area contributed by atoms with E-state index in [1.807, 2.05) is 168 Å². The summed E-state index contributed by atoms with van der Waals surface area (Å²) < 4.78 is 44.3. The summed E-state index contributed by atoms with van der Waals surface area (Å²) in [4.78, 5) is 30.0. The highest BCUT2D eigenvalue weighted by Crippen LogP contribution is 2.40. The maximum Gasteiger partial charge on any atom is 0.416 e. The quantitative estimate of drug-likeness (QED) is 0.160. The number of fused-ring (bicyclic) bond motifs is 3. The molecule has 0 aliphatic heterocycles. The zero-order valence-electron chi connectivity index (χ0n) is 31.1. The van der Waals surface area contributed by atoms with Gasteiger partial charge in [-0.1, -0.05) is 140 Å². The van der Waals surface area contributed by atoms with Crippen LogP contribution >= 0.6 is 0 Å². The summed E-state index contributed by atoms with van der Waals surface area (Å²) in [5.41, 5.74) is 5.70. The highest BCUT2D eigenvalue weighted by molar-refractivity contribution is 6.10. The monoisotopic (exact) mass is 773 g/mol. The molecule has 0 bridgehead atoms. The van der Waals surface area contributed by atoms with Gasteiger partial charge in [0.1, 0.15) is 0 Å². The minimum atomic E-state index is -4.52. The predicted octanol–water partition coefficient (Wildman–Crippen LogP) is 12.2. The first-order chi connectivity index (χ1) is 28.9. The average Bonchev–Trinajstić information content (AvgIpc) is 3.63. The lowest BCUT2D eigenvalue weighted by atomic mass is 10.1. The fourth-order valence-corrected chi connectivity index (χ4v) is 7.32. The lowest BCUT2D eigenvalue weighted by molar-refractivity contribution is -0.137. The van der Waals surface area contributed by atoms with E-state index in [4.69, 9.17) is 29.9 Å². The molecule has 7 aromatic carbocycles. The topological polar surface area (TPSA) is 82.3 Å². The van der Waals surface area contributed by atoms with Crippen LogP contribution in [0.4, 0.5) is 13.2 Å². The molecular weight excluding hydrogens is 744 g/mol. The van der Waals surface area contributed by atoms with Crippen molar-refractivity contribution < 1.29 is 13.2 Å². The standard InChI is InChI=1S/C49H30F3N7/c50-49(51,52)36-26-28-41-38(30-36)37-23-13-14-24-40(37)59(41)42-27-25-35(47-55-43(31-15-5-1-6-16-31)53-44(56-47)32-17-7-2-8-18-32)29-39(42)48-57-45(33-19-9-3-10-20-33)54-46(58-48)34-21-11-4-12-22-34/h1-30H. The average molecular weight is 774 g/mol. The van der Waals surface area contributed by atoms with Gasteiger partial charge in [0, 0.05) is 44.2 Å². The number of para-hydroxylation sites is 1. The summed E-state index contributed by atoms with van der Waals surface area (Å²) >= 11 is 0. The van der Waals surface area contributed by atoms with Gasteiger partial charge in [0.15, 0.2) is 34.9 Å². The Kier molecular flexibility index (Phi) is 8.79. The Morgan fingerprint density at radius 2 is 0.746 bits per heavy atom. The summed E-state index contributed by atoms with van der Waals surface area (Å²) in [6.45, 7) is 0. The van der Waals surface area contributed by atoms with Gasteiger partial charge in [-0.15, -0.1) is 0 Å². The first-order valence-electron chi connectivity index (χ1n) is 18.9. The molecule has 3 heterocycles. The Morgan fingerprint density at radius 1 is 0.339 bits per heavy atom. The van der Waals surface area contributed by atoms with Crippen LogP contribution in [0.15, 0.2) is 182 Å². The van der Waals surface area contributed by atoms with Crippen LogP contribution in [0.25, 0.3) is 95.8 Å². The number of rotatable bonds is 7. The first-order valence-corrected chi connectivity index (χ1v) is 18.9. The number of benzene rings is 7. The van der Waals surface area contributed by atoms with Gasteiger partial charge >= 0.3 is 6.18 Å². The lowest BCUT2D eigenvalue weighted by Crippen LogP contribution is -2.06. The maximum atomic E-state index is 14.1. The largest absolute Gasteiger partial charge is 0.416 e. The van der Waals surface area contributed by atoms with Gasteiger partial charge < -0.3 is 4.57 Å². The van der Waals surface area contributed by atoms with Crippen LogP contribution in [0.3, 0.4) is 0 Å². The van der Waals surface area contributed by atoms with Crippen molar-refractivity contribution in [2.24, 2.45) is 0 Å². The summed E-state index contributed by atoms with van der Waals surface area (Å²) in [6, 6.07) is 55.9. The van der Waals surface area contributed by atoms with E-state index in [2.05, 4.69) is 0 Å². The molecule has 282 valence electrons. The number of halogens is 3. The van der Waals surface area contributed by atoms with Crippen molar-refractivity contribution in [2.75, 3.05) is 0 Å². The second kappa shape index (κ2) is 14.6. The van der Waals surface area contributed by atoms with Crippen molar-refractivity contribution in [3.63, 3.8) is 0 Å².